The lowest BCUT2D eigenvalue weighted by molar-refractivity contribution is 0.354. The fourth-order valence-electron chi connectivity index (χ4n) is 2.01. The van der Waals surface area contributed by atoms with Gasteiger partial charge in [0.05, 0.1) is 14.2 Å². The molecule has 4 nitrogen and oxygen atoms in total. The SMILES string of the molecule is COc1ccc(CCNCc2ccc(C#N)s2)cc1OC. The van der Waals surface area contributed by atoms with Crippen LogP contribution in [0.1, 0.15) is 15.3 Å². The smallest absolute Gasteiger partial charge is 0.160 e. The van der Waals surface area contributed by atoms with E-state index in [-0.39, 0.29) is 0 Å². The van der Waals surface area contributed by atoms with Gasteiger partial charge < -0.3 is 14.8 Å². The maximum absolute atomic E-state index is 8.78. The van der Waals surface area contributed by atoms with Crippen molar-refractivity contribution in [2.45, 2.75) is 13.0 Å². The molecule has 0 saturated carbocycles. The summed E-state index contributed by atoms with van der Waals surface area (Å²) in [5, 5.41) is 12.2. The third-order valence-electron chi connectivity index (χ3n) is 3.11. The molecule has 0 fully saturated rings. The number of benzene rings is 1. The first-order valence-corrected chi connectivity index (χ1v) is 7.49. The number of thiophene rings is 1. The molecule has 0 spiro atoms. The van der Waals surface area contributed by atoms with Gasteiger partial charge in [-0.3, -0.25) is 0 Å². The predicted molar refractivity (Wildman–Crippen MR) is 84.0 cm³/mol. The molecule has 1 heterocycles. The van der Waals surface area contributed by atoms with Gasteiger partial charge in [0, 0.05) is 11.4 Å². The zero-order valence-corrected chi connectivity index (χ0v) is 13.0. The highest BCUT2D eigenvalue weighted by atomic mass is 32.1. The van der Waals surface area contributed by atoms with Crippen molar-refractivity contribution >= 4 is 11.3 Å². The van der Waals surface area contributed by atoms with Crippen molar-refractivity contribution in [1.29, 1.82) is 5.26 Å². The second kappa shape index (κ2) is 7.67. The lowest BCUT2D eigenvalue weighted by Crippen LogP contribution is -2.15. The first-order chi connectivity index (χ1) is 10.3. The zero-order valence-electron chi connectivity index (χ0n) is 12.2. The molecule has 0 atom stereocenters. The van der Waals surface area contributed by atoms with Crippen molar-refractivity contribution in [3.8, 4) is 17.6 Å². The Morgan fingerprint density at radius 2 is 1.95 bits per heavy atom. The minimum absolute atomic E-state index is 0.747. The van der Waals surface area contributed by atoms with Crippen molar-refractivity contribution in [2.75, 3.05) is 20.8 Å². The Kier molecular flexibility index (Phi) is 5.61. The van der Waals surface area contributed by atoms with Gasteiger partial charge in [-0.1, -0.05) is 6.07 Å². The van der Waals surface area contributed by atoms with Crippen LogP contribution in [0.2, 0.25) is 0 Å². The number of nitriles is 1. The summed E-state index contributed by atoms with van der Waals surface area (Å²) in [5.41, 5.74) is 1.20. The zero-order chi connectivity index (χ0) is 15.1. The Labute approximate surface area is 128 Å². The highest BCUT2D eigenvalue weighted by Crippen LogP contribution is 2.27. The average molecular weight is 302 g/mol. The monoisotopic (exact) mass is 302 g/mol. The summed E-state index contributed by atoms with van der Waals surface area (Å²) in [7, 11) is 3.28. The summed E-state index contributed by atoms with van der Waals surface area (Å²) < 4.78 is 10.5. The number of hydrogen-bond donors (Lipinski definition) is 1. The molecule has 5 heteroatoms. The molecule has 0 bridgehead atoms. The van der Waals surface area contributed by atoms with E-state index in [1.54, 1.807) is 14.2 Å². The van der Waals surface area contributed by atoms with Gasteiger partial charge in [0.15, 0.2) is 11.5 Å². The molecule has 2 aromatic rings. The van der Waals surface area contributed by atoms with E-state index in [4.69, 9.17) is 14.7 Å². The molecule has 1 aromatic heterocycles. The Morgan fingerprint density at radius 1 is 1.14 bits per heavy atom. The lowest BCUT2D eigenvalue weighted by atomic mass is 10.1. The van der Waals surface area contributed by atoms with Gasteiger partial charge >= 0.3 is 0 Å². The third-order valence-corrected chi connectivity index (χ3v) is 4.10. The van der Waals surface area contributed by atoms with E-state index < -0.39 is 0 Å². The topological polar surface area (TPSA) is 54.3 Å². The molecule has 0 saturated heterocycles. The molecular formula is C16H18N2O2S. The van der Waals surface area contributed by atoms with Crippen LogP contribution in [0, 0.1) is 11.3 Å². The summed E-state index contributed by atoms with van der Waals surface area (Å²) in [6.07, 6.45) is 0.914. The van der Waals surface area contributed by atoms with E-state index in [2.05, 4.69) is 11.4 Å². The van der Waals surface area contributed by atoms with Crippen molar-refractivity contribution in [2.24, 2.45) is 0 Å². The summed E-state index contributed by atoms with van der Waals surface area (Å²) in [5.74, 6) is 1.50. The van der Waals surface area contributed by atoms with Crippen molar-refractivity contribution in [3.63, 3.8) is 0 Å². The molecule has 0 amide bonds. The first kappa shape index (κ1) is 15.4. The van der Waals surface area contributed by atoms with E-state index in [1.807, 2.05) is 30.3 Å². The number of hydrogen-bond acceptors (Lipinski definition) is 5. The van der Waals surface area contributed by atoms with Crippen LogP contribution in [-0.4, -0.2) is 20.8 Å². The second-order valence-electron chi connectivity index (χ2n) is 4.49. The Balaban J connectivity index is 1.82. The fraction of sp³-hybridized carbons (Fsp3) is 0.312. The van der Waals surface area contributed by atoms with E-state index >= 15 is 0 Å². The molecule has 0 unspecified atom stereocenters. The van der Waals surface area contributed by atoms with E-state index in [0.29, 0.717) is 0 Å². The molecule has 0 radical (unpaired) electrons. The van der Waals surface area contributed by atoms with Crippen LogP contribution in [0.15, 0.2) is 30.3 Å². The summed E-state index contributed by atoms with van der Waals surface area (Å²) >= 11 is 1.53. The maximum Gasteiger partial charge on any atom is 0.160 e. The van der Waals surface area contributed by atoms with Gasteiger partial charge in [0.2, 0.25) is 0 Å². The van der Waals surface area contributed by atoms with Crippen molar-refractivity contribution in [1.82, 2.24) is 5.32 Å². The molecule has 1 N–H and O–H groups in total. The first-order valence-electron chi connectivity index (χ1n) is 6.67. The molecule has 2 rings (SSSR count). The quantitative estimate of drug-likeness (QED) is 0.799. The number of methoxy groups -OCH3 is 2. The minimum Gasteiger partial charge on any atom is -0.493 e. The average Bonchev–Trinajstić information content (AvgIpc) is 2.99. The van der Waals surface area contributed by atoms with Crippen molar-refractivity contribution in [3.05, 3.63) is 45.6 Å². The van der Waals surface area contributed by atoms with Crippen LogP contribution < -0.4 is 14.8 Å². The Bertz CT molecular complexity index is 631. The minimum atomic E-state index is 0.747. The summed E-state index contributed by atoms with van der Waals surface area (Å²) in [6.45, 7) is 1.66. The molecule has 110 valence electrons. The predicted octanol–water partition coefficient (Wildman–Crippen LogP) is 2.97. The highest BCUT2D eigenvalue weighted by molar-refractivity contribution is 7.12. The van der Waals surface area contributed by atoms with Crippen LogP contribution in [-0.2, 0) is 13.0 Å². The van der Waals surface area contributed by atoms with Gasteiger partial charge in [-0.25, -0.2) is 0 Å². The van der Waals surface area contributed by atoms with Gasteiger partial charge in [0.1, 0.15) is 10.9 Å². The number of rotatable bonds is 7. The van der Waals surface area contributed by atoms with Crippen LogP contribution >= 0.6 is 11.3 Å². The fourth-order valence-corrected chi connectivity index (χ4v) is 2.79. The van der Waals surface area contributed by atoms with Crippen LogP contribution in [0.5, 0.6) is 11.5 Å². The Hall–Kier alpha value is -2.03. The van der Waals surface area contributed by atoms with E-state index in [0.717, 1.165) is 35.9 Å². The van der Waals surface area contributed by atoms with Crippen LogP contribution in [0.3, 0.4) is 0 Å². The third kappa shape index (κ3) is 4.22. The highest BCUT2D eigenvalue weighted by Gasteiger charge is 2.04. The largest absolute Gasteiger partial charge is 0.493 e. The standard InChI is InChI=1S/C16H18N2O2S/c1-19-15-6-3-12(9-16(15)20-2)7-8-18-11-14-5-4-13(10-17)21-14/h3-6,9,18H,7-8,11H2,1-2H3. The molecule has 1 aromatic carbocycles. The van der Waals surface area contributed by atoms with Gasteiger partial charge in [-0.2, -0.15) is 5.26 Å². The summed E-state index contributed by atoms with van der Waals surface area (Å²) in [6, 6.07) is 12.0. The Morgan fingerprint density at radius 3 is 2.62 bits per heavy atom. The van der Waals surface area contributed by atoms with Crippen LogP contribution in [0.4, 0.5) is 0 Å². The second-order valence-corrected chi connectivity index (χ2v) is 5.66. The molecular weight excluding hydrogens is 284 g/mol. The lowest BCUT2D eigenvalue weighted by Gasteiger charge is -2.09. The number of ether oxygens (including phenoxy) is 2. The van der Waals surface area contributed by atoms with Gasteiger partial charge in [-0.05, 0) is 42.8 Å². The molecule has 21 heavy (non-hydrogen) atoms. The van der Waals surface area contributed by atoms with E-state index in [9.17, 15) is 0 Å². The van der Waals surface area contributed by atoms with Crippen molar-refractivity contribution < 1.29 is 9.47 Å². The molecule has 0 aliphatic heterocycles. The normalized spacial score (nSPS) is 10.1. The molecule has 0 aliphatic carbocycles. The maximum atomic E-state index is 8.78. The number of nitrogens with zero attached hydrogens (tertiary/aromatic N) is 1. The summed E-state index contributed by atoms with van der Waals surface area (Å²) in [4.78, 5) is 1.94. The van der Waals surface area contributed by atoms with Crippen LogP contribution in [0.25, 0.3) is 0 Å². The molecule has 0 aliphatic rings. The van der Waals surface area contributed by atoms with Gasteiger partial charge in [-0.15, -0.1) is 11.3 Å². The van der Waals surface area contributed by atoms with E-state index in [1.165, 1.54) is 21.8 Å². The van der Waals surface area contributed by atoms with Gasteiger partial charge in [0.25, 0.3) is 0 Å². The number of nitrogens with one attached hydrogen (secondary N) is 1.